The van der Waals surface area contributed by atoms with Crippen molar-refractivity contribution in [3.63, 3.8) is 0 Å². The number of primary amides is 1. The highest BCUT2D eigenvalue weighted by Gasteiger charge is 2.67. The number of thiazole rings is 1. The molecule has 1 aliphatic carbocycles. The van der Waals surface area contributed by atoms with Gasteiger partial charge in [-0.1, -0.05) is 17.7 Å². The number of rotatable bonds is 11. The van der Waals surface area contributed by atoms with Gasteiger partial charge in [0.05, 0.1) is 21.0 Å². The first-order valence-corrected chi connectivity index (χ1v) is 12.2. The number of carbonyl (C=O) groups excluding carboxylic acids is 1. The topological polar surface area (TPSA) is 71.2 Å². The van der Waals surface area contributed by atoms with Crippen LogP contribution in [0.1, 0.15) is 51.0 Å². The van der Waals surface area contributed by atoms with Crippen LogP contribution >= 0.6 is 22.9 Å². The van der Waals surface area contributed by atoms with E-state index in [1.807, 2.05) is 19.0 Å². The highest BCUT2D eigenvalue weighted by atomic mass is 35.5. The van der Waals surface area contributed by atoms with E-state index in [0.29, 0.717) is 36.4 Å². The van der Waals surface area contributed by atoms with E-state index in [4.69, 9.17) is 17.3 Å². The lowest BCUT2D eigenvalue weighted by Gasteiger charge is -2.29. The first-order chi connectivity index (χ1) is 15.9. The summed E-state index contributed by atoms with van der Waals surface area (Å²) in [4.78, 5) is 18.1. The summed E-state index contributed by atoms with van der Waals surface area (Å²) in [5.74, 6) is -2.37. The number of likely N-dealkylation sites (N-methyl/N-ethyl adjacent to an activating group) is 1. The normalized spacial score (nSPS) is 17.1. The summed E-state index contributed by atoms with van der Waals surface area (Å²) in [6.45, 7) is 2.66. The van der Waals surface area contributed by atoms with Crippen LogP contribution in [0.2, 0.25) is 5.02 Å². The quantitative estimate of drug-likeness (QED) is 0.326. The van der Waals surface area contributed by atoms with Crippen molar-refractivity contribution in [2.75, 3.05) is 27.2 Å². The third kappa shape index (κ3) is 5.72. The smallest absolute Gasteiger partial charge is 0.366 e. The Morgan fingerprint density at radius 1 is 1.35 bits per heavy atom. The van der Waals surface area contributed by atoms with E-state index in [1.165, 1.54) is 17.4 Å². The minimum atomic E-state index is -4.25. The Balaban J connectivity index is 1.65. The minimum absolute atomic E-state index is 0.0991. The maximum atomic E-state index is 14.4. The first kappa shape index (κ1) is 26.8. The Bertz CT molecular complexity index is 1020. The number of halogens is 5. The monoisotopic (exact) mass is 520 g/mol. The van der Waals surface area contributed by atoms with Crippen molar-refractivity contribution in [2.24, 2.45) is 11.1 Å². The molecule has 1 heterocycles. The van der Waals surface area contributed by atoms with Crippen molar-refractivity contribution < 1.29 is 22.4 Å². The maximum absolute atomic E-state index is 14.4. The largest absolute Gasteiger partial charge is 0.395 e. The summed E-state index contributed by atoms with van der Waals surface area (Å²) < 4.78 is 56.0. The minimum Gasteiger partial charge on any atom is -0.366 e. The number of aromatic nitrogens is 1. The maximum Gasteiger partial charge on any atom is 0.395 e. The van der Waals surface area contributed by atoms with Crippen LogP contribution in [0.15, 0.2) is 18.3 Å². The molecule has 0 spiro atoms. The fraction of sp³-hybridized carbons (Fsp3) is 0.565. The lowest BCUT2D eigenvalue weighted by atomic mass is 9.84. The van der Waals surface area contributed by atoms with E-state index >= 15 is 0 Å². The summed E-state index contributed by atoms with van der Waals surface area (Å²) in [6, 6.07) is 2.79. The molecule has 0 saturated heterocycles. The first-order valence-electron chi connectivity index (χ1n) is 11.0. The lowest BCUT2D eigenvalue weighted by Crippen LogP contribution is -2.40. The van der Waals surface area contributed by atoms with E-state index in [0.717, 1.165) is 5.01 Å². The predicted octanol–water partition coefficient (Wildman–Crippen LogP) is 4.92. The Kier molecular flexibility index (Phi) is 8.27. The third-order valence-electron chi connectivity index (χ3n) is 6.61. The molecular weight excluding hydrogens is 492 g/mol. The molecule has 34 heavy (non-hydrogen) atoms. The molecule has 188 valence electrons. The molecular formula is C23H29ClF4N4OS. The predicted molar refractivity (Wildman–Crippen MR) is 126 cm³/mol. The molecule has 1 fully saturated rings. The Morgan fingerprint density at radius 2 is 2.03 bits per heavy atom. The molecule has 2 atom stereocenters. The van der Waals surface area contributed by atoms with Gasteiger partial charge in [0.25, 0.3) is 5.91 Å². The van der Waals surface area contributed by atoms with Gasteiger partial charge < -0.3 is 16.0 Å². The molecule has 5 nitrogen and oxygen atoms in total. The number of amides is 1. The summed E-state index contributed by atoms with van der Waals surface area (Å²) in [5, 5.41) is 3.88. The molecule has 11 heteroatoms. The van der Waals surface area contributed by atoms with Crippen LogP contribution in [0, 0.1) is 18.2 Å². The van der Waals surface area contributed by atoms with Crippen LogP contribution in [-0.2, 0) is 6.42 Å². The molecule has 1 amide bonds. The standard InChI is InChI=1S/C23H29ClF4N4OS/c1-13-31-12-18(34-13)17(22(7-8-22)23(26,27)28)6-9-30-11-15(32(2)3)10-14-4-5-16(21(29)33)20(25)19(14)24/h4-5,12,15,17,30H,6-11H2,1-3H3,(H2,29,33)/t15-,17+/m0/s1. The number of nitrogens with zero attached hydrogens (tertiary/aromatic N) is 2. The second-order valence-corrected chi connectivity index (χ2v) is 10.7. The number of nitrogens with one attached hydrogen (secondary N) is 1. The number of alkyl halides is 3. The van der Waals surface area contributed by atoms with Gasteiger partial charge in [-0.25, -0.2) is 9.37 Å². The van der Waals surface area contributed by atoms with Crippen molar-refractivity contribution in [3.05, 3.63) is 50.2 Å². The fourth-order valence-electron chi connectivity index (χ4n) is 4.34. The van der Waals surface area contributed by atoms with E-state index < -0.39 is 29.2 Å². The van der Waals surface area contributed by atoms with Crippen LogP contribution < -0.4 is 11.1 Å². The van der Waals surface area contributed by atoms with Crippen LogP contribution in [-0.4, -0.2) is 55.2 Å². The van der Waals surface area contributed by atoms with Crippen molar-refractivity contribution in [1.29, 1.82) is 0 Å². The van der Waals surface area contributed by atoms with Gasteiger partial charge in [0, 0.05) is 29.6 Å². The van der Waals surface area contributed by atoms with E-state index in [1.54, 1.807) is 19.2 Å². The number of aryl methyl sites for hydroxylation is 1. The second-order valence-electron chi connectivity index (χ2n) is 9.07. The van der Waals surface area contributed by atoms with Gasteiger partial charge in [0.2, 0.25) is 0 Å². The van der Waals surface area contributed by atoms with Crippen LogP contribution in [0.25, 0.3) is 0 Å². The van der Waals surface area contributed by atoms with Crippen LogP contribution in [0.4, 0.5) is 17.6 Å². The van der Waals surface area contributed by atoms with Crippen molar-refractivity contribution in [1.82, 2.24) is 15.2 Å². The van der Waals surface area contributed by atoms with Crippen LogP contribution in [0.5, 0.6) is 0 Å². The Labute approximate surface area is 205 Å². The van der Waals surface area contributed by atoms with Crippen molar-refractivity contribution >= 4 is 28.8 Å². The summed E-state index contributed by atoms with van der Waals surface area (Å²) in [6.07, 6.45) is -1.67. The number of hydrogen-bond donors (Lipinski definition) is 2. The summed E-state index contributed by atoms with van der Waals surface area (Å²) >= 11 is 7.46. The van der Waals surface area contributed by atoms with Crippen molar-refractivity contribution in [3.8, 4) is 0 Å². The molecule has 0 aliphatic heterocycles. The van der Waals surface area contributed by atoms with Gasteiger partial charge in [0.1, 0.15) is 0 Å². The molecule has 1 aromatic carbocycles. The molecule has 0 unspecified atom stereocenters. The zero-order valence-corrected chi connectivity index (χ0v) is 20.9. The molecule has 2 aromatic rings. The summed E-state index contributed by atoms with van der Waals surface area (Å²) in [5.41, 5.74) is 3.76. The molecule has 1 aliphatic rings. The zero-order valence-electron chi connectivity index (χ0n) is 19.3. The van der Waals surface area contributed by atoms with Gasteiger partial charge in [-0.3, -0.25) is 4.79 Å². The van der Waals surface area contributed by atoms with Gasteiger partial charge >= 0.3 is 6.18 Å². The van der Waals surface area contributed by atoms with Crippen molar-refractivity contribution in [2.45, 2.75) is 50.7 Å². The number of carbonyl (C=O) groups is 1. The second kappa shape index (κ2) is 10.5. The number of benzene rings is 1. The van der Waals surface area contributed by atoms with E-state index in [9.17, 15) is 22.4 Å². The average Bonchev–Trinajstić information content (AvgIpc) is 3.45. The lowest BCUT2D eigenvalue weighted by molar-refractivity contribution is -0.194. The molecule has 3 N–H and O–H groups in total. The fourth-order valence-corrected chi connectivity index (χ4v) is 5.62. The van der Waals surface area contributed by atoms with Gasteiger partial charge in [-0.15, -0.1) is 11.3 Å². The van der Waals surface area contributed by atoms with Gasteiger partial charge in [-0.2, -0.15) is 13.2 Å². The molecule has 1 saturated carbocycles. The molecule has 1 aromatic heterocycles. The third-order valence-corrected chi connectivity index (χ3v) is 8.04. The van der Waals surface area contributed by atoms with Gasteiger partial charge in [0.15, 0.2) is 5.82 Å². The molecule has 3 rings (SSSR count). The molecule has 0 bridgehead atoms. The highest BCUT2D eigenvalue weighted by molar-refractivity contribution is 7.11. The van der Waals surface area contributed by atoms with Gasteiger partial charge in [-0.05, 0) is 64.9 Å². The summed E-state index contributed by atoms with van der Waals surface area (Å²) in [7, 11) is 3.72. The SMILES string of the molecule is Cc1ncc([C@@H](CCNC[C@H](Cc2ccc(C(N)=O)c(F)c2Cl)N(C)C)C2(C(F)(F)F)CC2)s1. The van der Waals surface area contributed by atoms with Crippen LogP contribution in [0.3, 0.4) is 0 Å². The number of hydrogen-bond acceptors (Lipinski definition) is 5. The number of nitrogens with two attached hydrogens (primary N) is 1. The van der Waals surface area contributed by atoms with E-state index in [-0.39, 0.29) is 29.5 Å². The average molecular weight is 521 g/mol. The highest BCUT2D eigenvalue weighted by Crippen LogP contribution is 2.66. The molecule has 0 radical (unpaired) electrons. The Morgan fingerprint density at radius 3 is 2.53 bits per heavy atom. The van der Waals surface area contributed by atoms with E-state index in [2.05, 4.69) is 10.3 Å². The zero-order chi connectivity index (χ0) is 25.3. The Hall–Kier alpha value is -1.75.